The molecule has 108 valence electrons. The van der Waals surface area contributed by atoms with Crippen LogP contribution < -0.4 is 5.32 Å². The van der Waals surface area contributed by atoms with Gasteiger partial charge in [0.15, 0.2) is 5.69 Å². The van der Waals surface area contributed by atoms with E-state index in [0.29, 0.717) is 30.8 Å². The van der Waals surface area contributed by atoms with Crippen molar-refractivity contribution in [3.8, 4) is 11.8 Å². The number of carbonyl (C=O) groups is 2. The van der Waals surface area contributed by atoms with Crippen molar-refractivity contribution >= 4 is 17.5 Å². The fourth-order valence-corrected chi connectivity index (χ4v) is 2.64. The van der Waals surface area contributed by atoms with E-state index in [4.69, 9.17) is 5.11 Å². The molecule has 6 heteroatoms. The Kier molecular flexibility index (Phi) is 3.59. The van der Waals surface area contributed by atoms with Crippen LogP contribution in [-0.4, -0.2) is 46.0 Å². The van der Waals surface area contributed by atoms with Crippen LogP contribution in [0.1, 0.15) is 35.4 Å². The summed E-state index contributed by atoms with van der Waals surface area (Å²) in [6, 6.07) is 2.92. The predicted octanol–water partition coefficient (Wildman–Crippen LogP) is 0.372. The first-order valence-electron chi connectivity index (χ1n) is 6.93. The highest BCUT2D eigenvalue weighted by molar-refractivity contribution is 6.09. The van der Waals surface area contributed by atoms with Gasteiger partial charge in [0.25, 0.3) is 5.91 Å². The van der Waals surface area contributed by atoms with E-state index >= 15 is 0 Å². The van der Waals surface area contributed by atoms with Crippen LogP contribution in [-0.2, 0) is 4.79 Å². The number of aliphatic hydroxyl groups is 1. The SMILES string of the molecule is O=C1Nc2ccc(C#CCCO)nc2C(=O)N2CCC[C@@H]12. The minimum absolute atomic E-state index is 0.0115. The summed E-state index contributed by atoms with van der Waals surface area (Å²) in [4.78, 5) is 30.5. The molecule has 2 aliphatic rings. The second-order valence-corrected chi connectivity index (χ2v) is 5.01. The van der Waals surface area contributed by atoms with Gasteiger partial charge < -0.3 is 15.3 Å². The predicted molar refractivity (Wildman–Crippen MR) is 75.5 cm³/mol. The number of aliphatic hydroxyl groups excluding tert-OH is 1. The number of fused-ring (bicyclic) bond motifs is 2. The highest BCUT2D eigenvalue weighted by Gasteiger charge is 2.39. The van der Waals surface area contributed by atoms with Crippen LogP contribution in [0.5, 0.6) is 0 Å². The minimum Gasteiger partial charge on any atom is -0.395 e. The van der Waals surface area contributed by atoms with Crippen LogP contribution in [0.15, 0.2) is 12.1 Å². The summed E-state index contributed by atoms with van der Waals surface area (Å²) in [6.45, 7) is 0.570. The molecule has 1 fully saturated rings. The monoisotopic (exact) mass is 285 g/mol. The quantitative estimate of drug-likeness (QED) is 0.730. The summed E-state index contributed by atoms with van der Waals surface area (Å²) in [5.74, 6) is 5.19. The third-order valence-electron chi connectivity index (χ3n) is 3.63. The van der Waals surface area contributed by atoms with Gasteiger partial charge in [-0.25, -0.2) is 4.98 Å². The van der Waals surface area contributed by atoms with Gasteiger partial charge >= 0.3 is 0 Å². The van der Waals surface area contributed by atoms with E-state index in [1.165, 1.54) is 0 Å². The zero-order valence-corrected chi connectivity index (χ0v) is 11.4. The third kappa shape index (κ3) is 2.48. The van der Waals surface area contributed by atoms with E-state index in [0.717, 1.165) is 6.42 Å². The number of pyridine rings is 1. The van der Waals surface area contributed by atoms with Gasteiger partial charge in [0.2, 0.25) is 5.91 Å². The van der Waals surface area contributed by atoms with Gasteiger partial charge in [-0.15, -0.1) is 0 Å². The lowest BCUT2D eigenvalue weighted by Gasteiger charge is -2.19. The van der Waals surface area contributed by atoms with Gasteiger partial charge in [-0.3, -0.25) is 9.59 Å². The van der Waals surface area contributed by atoms with Gasteiger partial charge in [-0.05, 0) is 30.9 Å². The summed E-state index contributed by atoms with van der Waals surface area (Å²) in [5, 5.41) is 11.5. The Hall–Kier alpha value is -2.39. The van der Waals surface area contributed by atoms with Gasteiger partial charge in [0.05, 0.1) is 12.3 Å². The molecular weight excluding hydrogens is 270 g/mol. The maximum atomic E-state index is 12.5. The first kappa shape index (κ1) is 13.6. The van der Waals surface area contributed by atoms with Crippen molar-refractivity contribution in [3.63, 3.8) is 0 Å². The van der Waals surface area contributed by atoms with E-state index in [1.54, 1.807) is 17.0 Å². The molecule has 2 amide bonds. The van der Waals surface area contributed by atoms with Crippen molar-refractivity contribution in [1.82, 2.24) is 9.88 Å². The standard InChI is InChI=1S/C15H15N3O3/c19-9-2-1-4-10-6-7-11-13(16-10)15(21)18-8-3-5-12(18)14(20)17-11/h6-7,12,19H,2-3,5,8-9H2,(H,17,20)/t12-/m0/s1. The van der Waals surface area contributed by atoms with E-state index in [1.807, 2.05) is 0 Å². The summed E-state index contributed by atoms with van der Waals surface area (Å²) in [5.41, 5.74) is 1.14. The highest BCUT2D eigenvalue weighted by atomic mass is 16.2. The molecule has 1 aromatic rings. The van der Waals surface area contributed by atoms with Crippen molar-refractivity contribution in [2.75, 3.05) is 18.5 Å². The summed E-state index contributed by atoms with van der Waals surface area (Å²) >= 11 is 0. The number of rotatable bonds is 1. The van der Waals surface area contributed by atoms with Crippen molar-refractivity contribution in [1.29, 1.82) is 0 Å². The Morgan fingerprint density at radius 1 is 1.43 bits per heavy atom. The van der Waals surface area contributed by atoms with Crippen molar-refractivity contribution in [2.45, 2.75) is 25.3 Å². The normalized spacial score (nSPS) is 20.0. The molecule has 2 aliphatic heterocycles. The molecule has 3 rings (SSSR count). The van der Waals surface area contributed by atoms with Gasteiger partial charge in [-0.2, -0.15) is 0 Å². The molecule has 0 radical (unpaired) electrons. The van der Waals surface area contributed by atoms with Crippen molar-refractivity contribution < 1.29 is 14.7 Å². The second-order valence-electron chi connectivity index (χ2n) is 5.01. The van der Waals surface area contributed by atoms with Crippen LogP contribution in [0.2, 0.25) is 0 Å². The van der Waals surface area contributed by atoms with E-state index in [9.17, 15) is 9.59 Å². The lowest BCUT2D eigenvalue weighted by molar-refractivity contribution is -0.119. The third-order valence-corrected chi connectivity index (χ3v) is 3.63. The molecule has 6 nitrogen and oxygen atoms in total. The van der Waals surface area contributed by atoms with Crippen LogP contribution in [0.25, 0.3) is 0 Å². The number of carbonyl (C=O) groups excluding carboxylic acids is 2. The molecule has 0 bridgehead atoms. The first-order valence-corrected chi connectivity index (χ1v) is 6.93. The average molecular weight is 285 g/mol. The maximum Gasteiger partial charge on any atom is 0.275 e. The first-order chi connectivity index (χ1) is 10.2. The Morgan fingerprint density at radius 3 is 3.10 bits per heavy atom. The van der Waals surface area contributed by atoms with Gasteiger partial charge in [-0.1, -0.05) is 5.92 Å². The molecule has 3 heterocycles. The van der Waals surface area contributed by atoms with Crippen molar-refractivity contribution in [2.24, 2.45) is 0 Å². The fourth-order valence-electron chi connectivity index (χ4n) is 2.64. The molecule has 0 aliphatic carbocycles. The zero-order valence-electron chi connectivity index (χ0n) is 11.4. The Balaban J connectivity index is 1.98. The second kappa shape index (κ2) is 5.54. The average Bonchev–Trinajstić information content (AvgIpc) is 2.94. The number of hydrogen-bond donors (Lipinski definition) is 2. The van der Waals surface area contributed by atoms with Crippen LogP contribution in [0, 0.1) is 11.8 Å². The number of hydrogen-bond acceptors (Lipinski definition) is 4. The Morgan fingerprint density at radius 2 is 2.29 bits per heavy atom. The smallest absolute Gasteiger partial charge is 0.275 e. The molecule has 0 saturated carbocycles. The van der Waals surface area contributed by atoms with Gasteiger partial charge in [0, 0.05) is 13.0 Å². The molecular formula is C15H15N3O3. The molecule has 0 spiro atoms. The minimum atomic E-state index is -0.393. The summed E-state index contributed by atoms with van der Waals surface area (Å²) in [6.07, 6.45) is 1.88. The molecule has 0 unspecified atom stereocenters. The van der Waals surface area contributed by atoms with E-state index < -0.39 is 6.04 Å². The number of nitrogens with one attached hydrogen (secondary N) is 1. The Bertz CT molecular complexity index is 660. The number of aromatic nitrogens is 1. The molecule has 2 N–H and O–H groups in total. The molecule has 1 aromatic heterocycles. The lowest BCUT2D eigenvalue weighted by Crippen LogP contribution is -2.40. The van der Waals surface area contributed by atoms with Crippen molar-refractivity contribution in [3.05, 3.63) is 23.5 Å². The number of nitrogens with zero attached hydrogens (tertiary/aromatic N) is 2. The van der Waals surface area contributed by atoms with E-state index in [2.05, 4.69) is 22.1 Å². The number of amides is 2. The molecule has 21 heavy (non-hydrogen) atoms. The molecule has 0 aromatic carbocycles. The number of anilines is 1. The molecule has 1 saturated heterocycles. The highest BCUT2D eigenvalue weighted by Crippen LogP contribution is 2.27. The zero-order chi connectivity index (χ0) is 14.8. The maximum absolute atomic E-state index is 12.5. The van der Waals surface area contributed by atoms with E-state index in [-0.39, 0.29) is 24.1 Å². The summed E-state index contributed by atoms with van der Waals surface area (Å²) < 4.78 is 0. The summed E-state index contributed by atoms with van der Waals surface area (Å²) in [7, 11) is 0. The topological polar surface area (TPSA) is 82.5 Å². The Labute approximate surface area is 122 Å². The largest absolute Gasteiger partial charge is 0.395 e. The van der Waals surface area contributed by atoms with Crippen LogP contribution in [0.4, 0.5) is 5.69 Å². The van der Waals surface area contributed by atoms with Crippen LogP contribution in [0.3, 0.4) is 0 Å². The van der Waals surface area contributed by atoms with Gasteiger partial charge in [0.1, 0.15) is 11.7 Å². The lowest BCUT2D eigenvalue weighted by atomic mass is 10.2. The van der Waals surface area contributed by atoms with Crippen LogP contribution >= 0.6 is 0 Å². The molecule has 1 atom stereocenters. The fraction of sp³-hybridized carbons (Fsp3) is 0.400.